The van der Waals surface area contributed by atoms with Crippen molar-refractivity contribution in [2.45, 2.75) is 32.6 Å². The van der Waals surface area contributed by atoms with Gasteiger partial charge in [0, 0.05) is 6.42 Å². The van der Waals surface area contributed by atoms with Crippen molar-refractivity contribution in [3.8, 4) is 0 Å². The number of carbonyl (C=O) groups is 3. The Labute approximate surface area is 155 Å². The highest BCUT2D eigenvalue weighted by atomic mass is 32.1. The quantitative estimate of drug-likeness (QED) is 0.603. The molecule has 1 aromatic rings. The molecule has 5 rings (SSSR count). The molecule has 1 saturated heterocycles. The molecule has 0 aromatic carbocycles. The van der Waals surface area contributed by atoms with Gasteiger partial charge in [-0.3, -0.25) is 19.8 Å². The average molecular weight is 375 g/mol. The van der Waals surface area contributed by atoms with E-state index in [2.05, 4.69) is 33.0 Å². The minimum absolute atomic E-state index is 0.115. The van der Waals surface area contributed by atoms with Gasteiger partial charge in [0.1, 0.15) is 11.7 Å². The molecule has 138 valence electrons. The summed E-state index contributed by atoms with van der Waals surface area (Å²) in [7, 11) is 0. The number of carbonyl (C=O) groups excluding carboxylic acids is 3. The van der Waals surface area contributed by atoms with Crippen LogP contribution in [-0.4, -0.2) is 39.6 Å². The monoisotopic (exact) mass is 375 g/mol. The Kier molecular flexibility index (Phi) is 4.47. The summed E-state index contributed by atoms with van der Waals surface area (Å²) in [4.78, 5) is 38.6. The molecule has 26 heavy (non-hydrogen) atoms. The summed E-state index contributed by atoms with van der Waals surface area (Å²) < 4.78 is 0. The third-order valence-corrected chi connectivity index (χ3v) is 6.30. The Balaban J connectivity index is 1.35. The molecular weight excluding hydrogens is 354 g/mol. The standard InChI is InChI=1S/C17H21N5O3S/c1-2-3-11-20-21-17(26-11)19-16(25)18-8-22-14(23)12-9-4-5-10(7-6-9)13(12)15(22)24/h4-5,9-10,12-13H,2-3,6-8H2,1H3,(H2,18,19,21,25)/t9-,10-,12+,13+/m0/s1. The van der Waals surface area contributed by atoms with Crippen molar-refractivity contribution in [3.05, 3.63) is 17.2 Å². The van der Waals surface area contributed by atoms with Crippen molar-refractivity contribution >= 4 is 34.3 Å². The van der Waals surface area contributed by atoms with Crippen molar-refractivity contribution in [1.29, 1.82) is 0 Å². The van der Waals surface area contributed by atoms with Crippen molar-refractivity contribution in [2.24, 2.45) is 23.7 Å². The number of hydrogen-bond acceptors (Lipinski definition) is 6. The molecule has 0 spiro atoms. The first-order valence-corrected chi connectivity index (χ1v) is 9.81. The Bertz CT molecular complexity index is 744. The number of amides is 4. The van der Waals surface area contributed by atoms with Gasteiger partial charge in [-0.1, -0.05) is 30.4 Å². The van der Waals surface area contributed by atoms with Crippen molar-refractivity contribution in [3.63, 3.8) is 0 Å². The van der Waals surface area contributed by atoms with Crippen LogP contribution in [0.5, 0.6) is 0 Å². The van der Waals surface area contributed by atoms with Gasteiger partial charge in [-0.25, -0.2) is 4.79 Å². The third kappa shape index (κ3) is 2.90. The number of fused-ring (bicyclic) bond motifs is 1. The summed E-state index contributed by atoms with van der Waals surface area (Å²) in [5, 5.41) is 14.4. The summed E-state index contributed by atoms with van der Waals surface area (Å²) in [6.45, 7) is 1.93. The number of nitrogens with one attached hydrogen (secondary N) is 2. The maximum atomic E-state index is 12.7. The second kappa shape index (κ2) is 6.79. The number of rotatable bonds is 5. The van der Waals surface area contributed by atoms with E-state index in [0.717, 1.165) is 30.7 Å². The third-order valence-electron chi connectivity index (χ3n) is 5.40. The second-order valence-corrected chi connectivity index (χ2v) is 8.05. The zero-order chi connectivity index (χ0) is 18.3. The first-order valence-electron chi connectivity index (χ1n) is 8.99. The van der Waals surface area contributed by atoms with Crippen LogP contribution in [-0.2, 0) is 16.0 Å². The van der Waals surface area contributed by atoms with E-state index < -0.39 is 6.03 Å². The topological polar surface area (TPSA) is 104 Å². The molecule has 9 heteroatoms. The van der Waals surface area contributed by atoms with E-state index in [1.807, 2.05) is 6.92 Å². The summed E-state index contributed by atoms with van der Waals surface area (Å²) in [5.74, 6) is -0.537. The van der Waals surface area contributed by atoms with Crippen LogP contribution in [0.4, 0.5) is 9.93 Å². The van der Waals surface area contributed by atoms with Gasteiger partial charge in [-0.05, 0) is 31.1 Å². The molecule has 2 heterocycles. The van der Waals surface area contributed by atoms with Gasteiger partial charge in [0.15, 0.2) is 0 Å². The fraction of sp³-hybridized carbons (Fsp3) is 0.588. The molecule has 4 amide bonds. The molecular formula is C17H21N5O3S. The van der Waals surface area contributed by atoms with Crippen molar-refractivity contribution < 1.29 is 14.4 Å². The van der Waals surface area contributed by atoms with Gasteiger partial charge in [0.25, 0.3) is 0 Å². The number of imide groups is 1. The summed E-state index contributed by atoms with van der Waals surface area (Å²) >= 11 is 1.32. The highest BCUT2D eigenvalue weighted by Gasteiger charge is 2.56. The van der Waals surface area contributed by atoms with E-state index in [1.54, 1.807) is 0 Å². The molecule has 1 saturated carbocycles. The molecule has 4 aliphatic rings. The number of aromatic nitrogens is 2. The van der Waals surface area contributed by atoms with E-state index >= 15 is 0 Å². The lowest BCUT2D eigenvalue weighted by molar-refractivity contribution is -0.140. The van der Waals surface area contributed by atoms with Gasteiger partial charge in [0.05, 0.1) is 11.8 Å². The highest BCUT2D eigenvalue weighted by Crippen LogP contribution is 2.49. The number of hydrogen-bond donors (Lipinski definition) is 2. The fourth-order valence-electron chi connectivity index (χ4n) is 4.20. The highest BCUT2D eigenvalue weighted by molar-refractivity contribution is 7.15. The number of nitrogens with zero attached hydrogens (tertiary/aromatic N) is 3. The lowest BCUT2D eigenvalue weighted by Crippen LogP contribution is -2.43. The Morgan fingerprint density at radius 3 is 2.42 bits per heavy atom. The number of likely N-dealkylation sites (tertiary alicyclic amines) is 1. The lowest BCUT2D eigenvalue weighted by atomic mass is 9.63. The Hall–Kier alpha value is -2.29. The molecule has 0 unspecified atom stereocenters. The number of allylic oxidation sites excluding steroid dienone is 2. The van der Waals surface area contributed by atoms with Crippen LogP contribution < -0.4 is 10.6 Å². The van der Waals surface area contributed by atoms with E-state index in [-0.39, 0.29) is 42.2 Å². The molecule has 4 atom stereocenters. The van der Waals surface area contributed by atoms with Crippen molar-refractivity contribution in [2.75, 3.05) is 12.0 Å². The van der Waals surface area contributed by atoms with Crippen LogP contribution in [0, 0.1) is 23.7 Å². The smallest absolute Gasteiger partial charge is 0.320 e. The van der Waals surface area contributed by atoms with Crippen LogP contribution >= 0.6 is 11.3 Å². The van der Waals surface area contributed by atoms with Crippen LogP contribution in [0.3, 0.4) is 0 Å². The van der Waals surface area contributed by atoms with Gasteiger partial charge < -0.3 is 5.32 Å². The molecule has 1 aliphatic heterocycles. The van der Waals surface area contributed by atoms with Gasteiger partial charge >= 0.3 is 6.03 Å². The molecule has 2 bridgehead atoms. The summed E-state index contributed by atoms with van der Waals surface area (Å²) in [6.07, 6.45) is 7.84. The van der Waals surface area contributed by atoms with Crippen LogP contribution in [0.25, 0.3) is 0 Å². The molecule has 0 radical (unpaired) electrons. The molecule has 2 N–H and O–H groups in total. The molecule has 2 fully saturated rings. The maximum Gasteiger partial charge on any atom is 0.322 e. The number of aryl methyl sites for hydroxylation is 1. The van der Waals surface area contributed by atoms with E-state index in [4.69, 9.17) is 0 Å². The summed E-state index contributed by atoms with van der Waals surface area (Å²) in [5.41, 5.74) is 0. The van der Waals surface area contributed by atoms with E-state index in [0.29, 0.717) is 5.13 Å². The predicted octanol–water partition coefficient (Wildman–Crippen LogP) is 1.77. The SMILES string of the molecule is CCCc1nnc(NC(=O)NCN2C(=O)[C@H]3[C@H](C2=O)[C@H]2C=C[C@H]3CC2)s1. The lowest BCUT2D eigenvalue weighted by Gasteiger charge is -2.38. The minimum atomic E-state index is -0.499. The van der Waals surface area contributed by atoms with Gasteiger partial charge in [0.2, 0.25) is 16.9 Å². The summed E-state index contributed by atoms with van der Waals surface area (Å²) in [6, 6.07) is -0.499. The van der Waals surface area contributed by atoms with E-state index in [9.17, 15) is 14.4 Å². The first-order chi connectivity index (χ1) is 12.6. The first kappa shape index (κ1) is 17.1. The van der Waals surface area contributed by atoms with Crippen LogP contribution in [0.15, 0.2) is 12.2 Å². The van der Waals surface area contributed by atoms with Crippen LogP contribution in [0.2, 0.25) is 0 Å². The largest absolute Gasteiger partial charge is 0.322 e. The van der Waals surface area contributed by atoms with Gasteiger partial charge in [-0.2, -0.15) is 0 Å². The number of urea groups is 1. The minimum Gasteiger partial charge on any atom is -0.320 e. The van der Waals surface area contributed by atoms with E-state index in [1.165, 1.54) is 16.2 Å². The molecule has 8 nitrogen and oxygen atoms in total. The van der Waals surface area contributed by atoms with Crippen LogP contribution in [0.1, 0.15) is 31.2 Å². The fourth-order valence-corrected chi connectivity index (χ4v) is 5.04. The molecule has 3 aliphatic carbocycles. The van der Waals surface area contributed by atoms with Gasteiger partial charge in [-0.15, -0.1) is 10.2 Å². The normalized spacial score (nSPS) is 29.2. The zero-order valence-electron chi connectivity index (χ0n) is 14.5. The second-order valence-electron chi connectivity index (χ2n) is 6.99. The van der Waals surface area contributed by atoms with Crippen molar-refractivity contribution in [1.82, 2.24) is 20.4 Å². The number of anilines is 1. The molecule has 1 aromatic heterocycles. The average Bonchev–Trinajstić information content (AvgIpc) is 3.19. The maximum absolute atomic E-state index is 12.7. The Morgan fingerprint density at radius 1 is 1.19 bits per heavy atom. The predicted molar refractivity (Wildman–Crippen MR) is 95.1 cm³/mol. The zero-order valence-corrected chi connectivity index (χ0v) is 15.3. The Morgan fingerprint density at radius 2 is 1.85 bits per heavy atom.